The van der Waals surface area contributed by atoms with E-state index in [4.69, 9.17) is 5.11 Å². The molecule has 0 spiro atoms. The molecule has 0 saturated carbocycles. The molecule has 0 aromatic heterocycles. The predicted molar refractivity (Wildman–Crippen MR) is 104 cm³/mol. The number of rotatable bonds is 14. The first kappa shape index (κ1) is 21.9. The lowest BCUT2D eigenvalue weighted by atomic mass is 10.2. The van der Waals surface area contributed by atoms with E-state index in [1.807, 2.05) is 36.5 Å². The molecule has 0 bridgehead atoms. The third-order valence-electron chi connectivity index (χ3n) is 3.24. The van der Waals surface area contributed by atoms with Gasteiger partial charge in [-0.25, -0.2) is 0 Å². The van der Waals surface area contributed by atoms with Gasteiger partial charge < -0.3 is 5.11 Å². The molecular formula is C22H32O2. The average Bonchev–Trinajstić information content (AvgIpc) is 2.56. The van der Waals surface area contributed by atoms with Crippen molar-refractivity contribution < 1.29 is 9.90 Å². The van der Waals surface area contributed by atoms with Crippen molar-refractivity contribution in [1.82, 2.24) is 0 Å². The zero-order valence-corrected chi connectivity index (χ0v) is 15.0. The number of hydrogen-bond donors (Lipinski definition) is 1. The lowest BCUT2D eigenvalue weighted by molar-refractivity contribution is -0.136. The van der Waals surface area contributed by atoms with Gasteiger partial charge in [-0.3, -0.25) is 4.79 Å². The van der Waals surface area contributed by atoms with Crippen molar-refractivity contribution in [2.45, 2.75) is 64.7 Å². The molecule has 1 N–H and O–H groups in total. The monoisotopic (exact) mass is 328 g/mol. The van der Waals surface area contributed by atoms with Crippen LogP contribution in [0, 0.1) is 0 Å². The molecule has 24 heavy (non-hydrogen) atoms. The molecule has 0 unspecified atom stereocenters. The van der Waals surface area contributed by atoms with Crippen molar-refractivity contribution in [3.8, 4) is 0 Å². The molecule has 132 valence electrons. The Morgan fingerprint density at radius 2 is 1.54 bits per heavy atom. The molecule has 0 radical (unpaired) electrons. The van der Waals surface area contributed by atoms with E-state index in [2.05, 4.69) is 37.0 Å². The fourth-order valence-electron chi connectivity index (χ4n) is 1.90. The Balaban J connectivity index is 3.61. The van der Waals surface area contributed by atoms with E-state index >= 15 is 0 Å². The smallest absolute Gasteiger partial charge is 0.303 e. The molecule has 0 atom stereocenters. The van der Waals surface area contributed by atoms with Gasteiger partial charge >= 0.3 is 5.97 Å². The number of carbonyl (C=O) groups is 1. The van der Waals surface area contributed by atoms with E-state index in [0.29, 0.717) is 6.42 Å². The van der Waals surface area contributed by atoms with Gasteiger partial charge in [0.2, 0.25) is 0 Å². The van der Waals surface area contributed by atoms with Gasteiger partial charge in [-0.15, -0.1) is 5.73 Å². The van der Waals surface area contributed by atoms with Crippen LogP contribution >= 0.6 is 0 Å². The van der Waals surface area contributed by atoms with Gasteiger partial charge in [0.25, 0.3) is 0 Å². The summed E-state index contributed by atoms with van der Waals surface area (Å²) in [6, 6.07) is 0. The molecule has 0 fully saturated rings. The summed E-state index contributed by atoms with van der Waals surface area (Å²) < 4.78 is 0. The molecular weight excluding hydrogens is 296 g/mol. The largest absolute Gasteiger partial charge is 0.481 e. The highest BCUT2D eigenvalue weighted by molar-refractivity contribution is 5.66. The number of carboxylic acids is 1. The Hall–Kier alpha value is -2.05. The van der Waals surface area contributed by atoms with E-state index in [0.717, 1.165) is 19.3 Å². The van der Waals surface area contributed by atoms with Gasteiger partial charge in [-0.2, -0.15) is 0 Å². The number of unbranched alkanes of at least 4 members (excludes halogenated alkanes) is 3. The van der Waals surface area contributed by atoms with E-state index in [9.17, 15) is 4.79 Å². The van der Waals surface area contributed by atoms with E-state index in [-0.39, 0.29) is 6.42 Å². The van der Waals surface area contributed by atoms with Crippen LogP contribution in [0.1, 0.15) is 64.7 Å². The maximum absolute atomic E-state index is 10.3. The van der Waals surface area contributed by atoms with Crippen molar-refractivity contribution in [2.75, 3.05) is 0 Å². The highest BCUT2D eigenvalue weighted by Crippen LogP contribution is 2.00. The molecule has 0 aliphatic heterocycles. The van der Waals surface area contributed by atoms with Crippen molar-refractivity contribution in [1.29, 1.82) is 0 Å². The summed E-state index contributed by atoms with van der Waals surface area (Å²) >= 11 is 0. The second-order valence-corrected chi connectivity index (χ2v) is 5.52. The minimum absolute atomic E-state index is 0.199. The van der Waals surface area contributed by atoms with Crippen LogP contribution in [-0.4, -0.2) is 11.1 Å². The fourth-order valence-corrected chi connectivity index (χ4v) is 1.90. The first-order valence-corrected chi connectivity index (χ1v) is 9.00. The van der Waals surface area contributed by atoms with Gasteiger partial charge in [-0.1, -0.05) is 68.4 Å². The van der Waals surface area contributed by atoms with Gasteiger partial charge in [0.05, 0.1) is 0 Å². The summed E-state index contributed by atoms with van der Waals surface area (Å²) in [7, 11) is 0. The normalized spacial score (nSPS) is 11.7. The fraction of sp³-hybridized carbons (Fsp3) is 0.455. The zero-order chi connectivity index (χ0) is 17.7. The highest BCUT2D eigenvalue weighted by Gasteiger charge is 1.90. The SMILES string of the molecule is CCCCC/C=C/C/C=C/CC=C=C/C=C/C/C=C/CCC(=O)O. The van der Waals surface area contributed by atoms with Gasteiger partial charge in [0.1, 0.15) is 0 Å². The number of allylic oxidation sites excluding steroid dienone is 9. The molecule has 0 saturated heterocycles. The van der Waals surface area contributed by atoms with Crippen molar-refractivity contribution in [2.24, 2.45) is 0 Å². The first-order chi connectivity index (χ1) is 11.8. The van der Waals surface area contributed by atoms with Crippen LogP contribution in [0.25, 0.3) is 0 Å². The van der Waals surface area contributed by atoms with Crippen LogP contribution in [0.2, 0.25) is 0 Å². The summed E-state index contributed by atoms with van der Waals surface area (Å²) in [6.07, 6.45) is 29.3. The van der Waals surface area contributed by atoms with Gasteiger partial charge in [0, 0.05) is 6.42 Å². The molecule has 0 rings (SSSR count). The molecule has 0 aromatic rings. The van der Waals surface area contributed by atoms with Crippen LogP contribution in [0.15, 0.2) is 66.5 Å². The highest BCUT2D eigenvalue weighted by atomic mass is 16.4. The maximum atomic E-state index is 10.3. The number of aliphatic carboxylic acids is 1. The van der Waals surface area contributed by atoms with Crippen LogP contribution in [0.5, 0.6) is 0 Å². The Labute approximate surface area is 147 Å². The van der Waals surface area contributed by atoms with E-state index in [1.165, 1.54) is 25.7 Å². The Morgan fingerprint density at radius 1 is 0.875 bits per heavy atom. The van der Waals surface area contributed by atoms with Crippen molar-refractivity contribution >= 4 is 5.97 Å². The molecule has 2 heteroatoms. The lowest BCUT2D eigenvalue weighted by Crippen LogP contribution is -1.91. The van der Waals surface area contributed by atoms with Crippen molar-refractivity contribution in [3.05, 3.63) is 66.5 Å². The molecule has 0 amide bonds. The van der Waals surface area contributed by atoms with Gasteiger partial charge in [-0.05, 0) is 50.7 Å². The summed E-state index contributed by atoms with van der Waals surface area (Å²) in [4.78, 5) is 10.3. The van der Waals surface area contributed by atoms with E-state index in [1.54, 1.807) is 0 Å². The number of carboxylic acid groups (broad SMARTS) is 1. The first-order valence-electron chi connectivity index (χ1n) is 9.00. The van der Waals surface area contributed by atoms with Gasteiger partial charge in [0.15, 0.2) is 0 Å². The third-order valence-corrected chi connectivity index (χ3v) is 3.24. The third kappa shape index (κ3) is 19.9. The maximum Gasteiger partial charge on any atom is 0.303 e. The second kappa shape index (κ2) is 19.0. The zero-order valence-electron chi connectivity index (χ0n) is 15.0. The Morgan fingerprint density at radius 3 is 2.29 bits per heavy atom. The molecule has 0 heterocycles. The summed E-state index contributed by atoms with van der Waals surface area (Å²) in [5.74, 6) is -0.750. The summed E-state index contributed by atoms with van der Waals surface area (Å²) in [5.41, 5.74) is 3.12. The molecule has 0 aliphatic carbocycles. The minimum Gasteiger partial charge on any atom is -0.481 e. The van der Waals surface area contributed by atoms with Crippen LogP contribution in [0.4, 0.5) is 0 Å². The molecule has 0 aliphatic rings. The summed E-state index contributed by atoms with van der Waals surface area (Å²) in [6.45, 7) is 2.23. The number of hydrogen-bond acceptors (Lipinski definition) is 1. The average molecular weight is 328 g/mol. The Kier molecular flexibility index (Phi) is 17.4. The van der Waals surface area contributed by atoms with E-state index < -0.39 is 5.97 Å². The standard InChI is InChI=1S/C22H32O2/c1-2-3-4-5-6-7-8-9-10-11-12-13-14-15-16-17-18-19-20-21-22(23)24/h6-7,9-10,12,14-16,18-19H,2-5,8,11,17,20-21H2,1H3,(H,23,24)/b7-6+,10-9+,16-15+,19-18+. The molecule has 2 nitrogen and oxygen atoms in total. The topological polar surface area (TPSA) is 37.3 Å². The molecule has 0 aromatic carbocycles. The Bertz CT molecular complexity index is 472. The predicted octanol–water partition coefficient (Wildman–Crippen LogP) is 6.54. The minimum atomic E-state index is -0.750. The van der Waals surface area contributed by atoms with Crippen LogP contribution < -0.4 is 0 Å². The summed E-state index contributed by atoms with van der Waals surface area (Å²) in [5, 5.41) is 8.48. The van der Waals surface area contributed by atoms with Crippen LogP contribution in [-0.2, 0) is 4.79 Å². The van der Waals surface area contributed by atoms with Crippen molar-refractivity contribution in [3.63, 3.8) is 0 Å². The second-order valence-electron chi connectivity index (χ2n) is 5.52. The quantitative estimate of drug-likeness (QED) is 0.170. The van der Waals surface area contributed by atoms with Crippen LogP contribution in [0.3, 0.4) is 0 Å². The lowest BCUT2D eigenvalue weighted by Gasteiger charge is -1.90.